The first-order valence-corrected chi connectivity index (χ1v) is 10.7. The Labute approximate surface area is 177 Å². The highest BCUT2D eigenvalue weighted by atomic mass is 35.5. The fourth-order valence-electron chi connectivity index (χ4n) is 3.66. The molecule has 0 aliphatic rings. The number of furan rings is 1. The van der Waals surface area contributed by atoms with E-state index in [0.29, 0.717) is 22.8 Å². The van der Waals surface area contributed by atoms with E-state index in [0.717, 1.165) is 43.6 Å². The van der Waals surface area contributed by atoms with Crippen molar-refractivity contribution in [3.63, 3.8) is 0 Å². The quantitative estimate of drug-likeness (QED) is 0.496. The number of hydrogen-bond acceptors (Lipinski definition) is 3. The summed E-state index contributed by atoms with van der Waals surface area (Å²) >= 11 is 6.35. The van der Waals surface area contributed by atoms with Gasteiger partial charge >= 0.3 is 0 Å². The van der Waals surface area contributed by atoms with Crippen LogP contribution in [0.2, 0.25) is 5.02 Å². The molecule has 2 aromatic heterocycles. The molecule has 29 heavy (non-hydrogen) atoms. The van der Waals surface area contributed by atoms with Crippen molar-refractivity contribution in [2.45, 2.75) is 46.2 Å². The van der Waals surface area contributed by atoms with Gasteiger partial charge in [-0.15, -0.1) is 0 Å². The number of nitrogens with one attached hydrogen (secondary N) is 1. The Morgan fingerprint density at radius 3 is 2.72 bits per heavy atom. The molecular weight excluding hydrogens is 386 g/mol. The van der Waals surface area contributed by atoms with Crippen molar-refractivity contribution in [3.8, 4) is 0 Å². The number of carbonyl (C=O) groups excluding carboxylic acids is 1. The third kappa shape index (κ3) is 5.22. The SMILES string of the molecule is CCN(CC)CCCC(C)NC(=O)c1cc2occc2n1Cc1ccccc1Cl. The molecule has 0 saturated carbocycles. The van der Waals surface area contributed by atoms with Gasteiger partial charge in [0.1, 0.15) is 5.69 Å². The van der Waals surface area contributed by atoms with E-state index in [1.807, 2.05) is 41.0 Å². The van der Waals surface area contributed by atoms with E-state index >= 15 is 0 Å². The monoisotopic (exact) mass is 415 g/mol. The number of aromatic nitrogens is 1. The molecule has 1 unspecified atom stereocenters. The summed E-state index contributed by atoms with van der Waals surface area (Å²) in [5.41, 5.74) is 3.16. The fraction of sp³-hybridized carbons (Fsp3) is 0.435. The zero-order chi connectivity index (χ0) is 20.8. The lowest BCUT2D eigenvalue weighted by Crippen LogP contribution is -2.35. The molecule has 0 bridgehead atoms. The molecule has 0 aliphatic heterocycles. The fourth-order valence-corrected chi connectivity index (χ4v) is 3.86. The van der Waals surface area contributed by atoms with Gasteiger partial charge in [0, 0.05) is 29.7 Å². The van der Waals surface area contributed by atoms with Gasteiger partial charge in [0.25, 0.3) is 5.91 Å². The topological polar surface area (TPSA) is 50.4 Å². The Kier molecular flexibility index (Phi) is 7.40. The number of nitrogens with zero attached hydrogens (tertiary/aromatic N) is 2. The molecular formula is C23H30ClN3O2. The maximum absolute atomic E-state index is 13.0. The zero-order valence-electron chi connectivity index (χ0n) is 17.5. The van der Waals surface area contributed by atoms with E-state index < -0.39 is 0 Å². The van der Waals surface area contributed by atoms with Crippen LogP contribution in [-0.4, -0.2) is 41.1 Å². The molecule has 156 valence electrons. The lowest BCUT2D eigenvalue weighted by atomic mass is 10.1. The van der Waals surface area contributed by atoms with Crippen LogP contribution >= 0.6 is 11.6 Å². The van der Waals surface area contributed by atoms with Crippen molar-refractivity contribution >= 4 is 28.6 Å². The van der Waals surface area contributed by atoms with E-state index in [2.05, 4.69) is 31.0 Å². The Bertz CT molecular complexity index is 943. The minimum absolute atomic E-state index is 0.0845. The molecule has 0 saturated heterocycles. The minimum Gasteiger partial charge on any atom is -0.463 e. The smallest absolute Gasteiger partial charge is 0.268 e. The first-order valence-electron chi connectivity index (χ1n) is 10.4. The van der Waals surface area contributed by atoms with Crippen molar-refractivity contribution < 1.29 is 9.21 Å². The third-order valence-corrected chi connectivity index (χ3v) is 5.79. The van der Waals surface area contributed by atoms with Crippen LogP contribution in [0.15, 0.2) is 47.1 Å². The summed E-state index contributed by atoms with van der Waals surface area (Å²) in [6.07, 6.45) is 3.65. The number of rotatable bonds is 10. The largest absolute Gasteiger partial charge is 0.463 e. The molecule has 0 radical (unpaired) electrons. The second-order valence-electron chi connectivity index (χ2n) is 7.42. The summed E-state index contributed by atoms with van der Waals surface area (Å²) in [5, 5.41) is 3.83. The van der Waals surface area contributed by atoms with Crippen LogP contribution in [0.25, 0.3) is 11.1 Å². The van der Waals surface area contributed by atoms with E-state index in [1.165, 1.54) is 0 Å². The van der Waals surface area contributed by atoms with Crippen LogP contribution in [0.4, 0.5) is 0 Å². The number of halogens is 1. The van der Waals surface area contributed by atoms with Gasteiger partial charge in [-0.25, -0.2) is 0 Å². The first kappa shape index (κ1) is 21.5. The van der Waals surface area contributed by atoms with Crippen LogP contribution < -0.4 is 5.32 Å². The summed E-state index contributed by atoms with van der Waals surface area (Å²) < 4.78 is 7.51. The van der Waals surface area contributed by atoms with Crippen LogP contribution in [0.3, 0.4) is 0 Å². The molecule has 2 heterocycles. The molecule has 0 aliphatic carbocycles. The van der Waals surface area contributed by atoms with Gasteiger partial charge in [0.2, 0.25) is 0 Å². The summed E-state index contributed by atoms with van der Waals surface area (Å²) in [6, 6.07) is 11.5. The minimum atomic E-state index is -0.0845. The molecule has 5 nitrogen and oxygen atoms in total. The summed E-state index contributed by atoms with van der Waals surface area (Å²) in [5.74, 6) is -0.0845. The predicted octanol–water partition coefficient (Wildman–Crippen LogP) is 5.18. The van der Waals surface area contributed by atoms with Crippen LogP contribution in [-0.2, 0) is 6.54 Å². The Morgan fingerprint density at radius 2 is 2.00 bits per heavy atom. The van der Waals surface area contributed by atoms with E-state index in [-0.39, 0.29) is 11.9 Å². The maximum Gasteiger partial charge on any atom is 0.268 e. The molecule has 0 spiro atoms. The zero-order valence-corrected chi connectivity index (χ0v) is 18.2. The highest BCUT2D eigenvalue weighted by Gasteiger charge is 2.19. The predicted molar refractivity (Wildman–Crippen MR) is 119 cm³/mol. The van der Waals surface area contributed by atoms with Crippen molar-refractivity contribution in [1.82, 2.24) is 14.8 Å². The second kappa shape index (κ2) is 9.99. The van der Waals surface area contributed by atoms with Crippen molar-refractivity contribution in [2.24, 2.45) is 0 Å². The van der Waals surface area contributed by atoms with Crippen LogP contribution in [0, 0.1) is 0 Å². The molecule has 1 atom stereocenters. The summed E-state index contributed by atoms with van der Waals surface area (Å²) in [7, 11) is 0. The number of hydrogen-bond donors (Lipinski definition) is 1. The second-order valence-corrected chi connectivity index (χ2v) is 7.83. The number of fused-ring (bicyclic) bond motifs is 1. The van der Waals surface area contributed by atoms with E-state index in [1.54, 1.807) is 6.26 Å². The lowest BCUT2D eigenvalue weighted by Gasteiger charge is -2.20. The van der Waals surface area contributed by atoms with Gasteiger partial charge < -0.3 is 19.2 Å². The van der Waals surface area contributed by atoms with Crippen molar-refractivity contribution in [1.29, 1.82) is 0 Å². The van der Waals surface area contributed by atoms with Gasteiger partial charge in [-0.05, 0) is 51.0 Å². The average Bonchev–Trinajstić information content (AvgIpc) is 3.29. The summed E-state index contributed by atoms with van der Waals surface area (Å²) in [6.45, 7) is 10.1. The van der Waals surface area contributed by atoms with Crippen LogP contribution in [0.5, 0.6) is 0 Å². The highest BCUT2D eigenvalue weighted by Crippen LogP contribution is 2.25. The number of carbonyl (C=O) groups is 1. The van der Waals surface area contributed by atoms with Crippen molar-refractivity contribution in [3.05, 3.63) is 58.9 Å². The molecule has 1 N–H and O–H groups in total. The number of amides is 1. The van der Waals surface area contributed by atoms with E-state index in [4.69, 9.17) is 16.0 Å². The molecule has 3 aromatic rings. The molecule has 1 amide bonds. The summed E-state index contributed by atoms with van der Waals surface area (Å²) in [4.78, 5) is 15.4. The maximum atomic E-state index is 13.0. The van der Waals surface area contributed by atoms with E-state index in [9.17, 15) is 4.79 Å². The Balaban J connectivity index is 1.71. The molecule has 3 rings (SSSR count). The molecule has 6 heteroatoms. The first-order chi connectivity index (χ1) is 14.0. The molecule has 1 aromatic carbocycles. The normalized spacial score (nSPS) is 12.6. The third-order valence-electron chi connectivity index (χ3n) is 5.43. The van der Waals surface area contributed by atoms with Gasteiger partial charge in [-0.3, -0.25) is 4.79 Å². The Hall–Kier alpha value is -2.24. The highest BCUT2D eigenvalue weighted by molar-refractivity contribution is 6.31. The van der Waals surface area contributed by atoms with Gasteiger partial charge in [0.05, 0.1) is 11.8 Å². The van der Waals surface area contributed by atoms with Crippen LogP contribution in [0.1, 0.15) is 49.7 Å². The van der Waals surface area contributed by atoms with Crippen molar-refractivity contribution in [2.75, 3.05) is 19.6 Å². The van der Waals surface area contributed by atoms with Gasteiger partial charge in [-0.1, -0.05) is 43.6 Å². The Morgan fingerprint density at radius 1 is 1.24 bits per heavy atom. The average molecular weight is 416 g/mol. The standard InChI is InChI=1S/C23H30ClN3O2/c1-4-26(5-2)13-8-9-17(3)25-23(28)21-15-22-20(12-14-29-22)27(21)16-18-10-6-7-11-19(18)24/h6-7,10-12,14-15,17H,4-5,8-9,13,16H2,1-3H3,(H,25,28). The number of benzene rings is 1. The van der Waals surface area contributed by atoms with Gasteiger partial charge in [-0.2, -0.15) is 0 Å². The van der Waals surface area contributed by atoms with Gasteiger partial charge in [0.15, 0.2) is 5.58 Å². The molecule has 0 fully saturated rings. The lowest BCUT2D eigenvalue weighted by molar-refractivity contribution is 0.0928.